The van der Waals surface area contributed by atoms with Gasteiger partial charge in [-0.3, -0.25) is 0 Å². The van der Waals surface area contributed by atoms with Crippen LogP contribution in [0, 0.1) is 23.3 Å². The van der Waals surface area contributed by atoms with Gasteiger partial charge in [0.15, 0.2) is 11.6 Å². The average molecular weight is 675 g/mol. The molecule has 0 aromatic heterocycles. The second-order valence-corrected chi connectivity index (χ2v) is 11.0. The molecule has 0 aliphatic rings. The van der Waals surface area contributed by atoms with Gasteiger partial charge in [0.1, 0.15) is 23.2 Å². The van der Waals surface area contributed by atoms with Crippen LogP contribution in [-0.2, 0) is 12.5 Å². The Morgan fingerprint density at radius 2 is 1.08 bits per heavy atom. The van der Waals surface area contributed by atoms with Gasteiger partial charge in [0.25, 0.3) is 0 Å². The molecule has 0 bridgehead atoms. The monoisotopic (exact) mass is 674 g/mol. The van der Waals surface area contributed by atoms with Gasteiger partial charge in [0, 0.05) is 11.1 Å². The molecule has 0 atom stereocenters. The summed E-state index contributed by atoms with van der Waals surface area (Å²) in [6, 6.07) is 18.8. The van der Waals surface area contributed by atoms with Crippen LogP contribution in [0.2, 0.25) is 0 Å². The molecule has 48 heavy (non-hydrogen) atoms. The molecular weight excluding hydrogens is 647 g/mol. The third-order valence-corrected chi connectivity index (χ3v) is 7.57. The van der Waals surface area contributed by atoms with Gasteiger partial charge in [-0.15, -0.1) is 13.2 Å². The first kappa shape index (κ1) is 34.4. The van der Waals surface area contributed by atoms with Crippen molar-refractivity contribution in [2.24, 2.45) is 0 Å². The predicted octanol–water partition coefficient (Wildman–Crippen LogP) is 12.0. The largest absolute Gasteiger partial charge is 0.573 e. The number of hydrogen-bond donors (Lipinski definition) is 0. The van der Waals surface area contributed by atoms with Crippen molar-refractivity contribution >= 4 is 0 Å². The molecule has 0 saturated carbocycles. The van der Waals surface area contributed by atoms with Gasteiger partial charge >= 0.3 is 12.5 Å². The molecule has 0 unspecified atom stereocenters. The standard InChI is InChI=1S/C37H27F9O2/c1-2-3-4-5-22-6-14-28(31(38)18-22)25-10-16-30(33(40)20-25)36(42,43)47-27-12-7-23(8-13-27)24-9-15-29(32(39)19-24)26-11-17-35(34(41)21-26)48-37(44,45)46/h6-21H,2-5H2,1H3. The van der Waals surface area contributed by atoms with E-state index in [1.807, 2.05) is 0 Å². The maximum Gasteiger partial charge on any atom is 0.573 e. The van der Waals surface area contributed by atoms with Crippen molar-refractivity contribution in [3.63, 3.8) is 0 Å². The zero-order chi connectivity index (χ0) is 34.6. The molecule has 5 aromatic rings. The van der Waals surface area contributed by atoms with E-state index >= 15 is 8.78 Å². The van der Waals surface area contributed by atoms with E-state index in [0.29, 0.717) is 23.6 Å². The van der Waals surface area contributed by atoms with Crippen LogP contribution >= 0.6 is 0 Å². The van der Waals surface area contributed by atoms with Crippen molar-refractivity contribution in [3.05, 3.63) is 131 Å². The van der Waals surface area contributed by atoms with Crippen molar-refractivity contribution in [2.45, 2.75) is 45.1 Å². The van der Waals surface area contributed by atoms with E-state index in [4.69, 9.17) is 4.74 Å². The number of rotatable bonds is 11. The maximum atomic E-state index is 15.1. The highest BCUT2D eigenvalue weighted by Crippen LogP contribution is 2.37. The second-order valence-electron chi connectivity index (χ2n) is 11.0. The minimum Gasteiger partial charge on any atom is -0.429 e. The Kier molecular flexibility index (Phi) is 10.1. The van der Waals surface area contributed by atoms with E-state index < -0.39 is 47.1 Å². The molecule has 2 nitrogen and oxygen atoms in total. The molecule has 0 radical (unpaired) electrons. The van der Waals surface area contributed by atoms with E-state index in [0.717, 1.165) is 55.2 Å². The SMILES string of the molecule is CCCCCc1ccc(-c2ccc(C(F)(F)Oc3ccc(-c4ccc(-c5ccc(OC(F)(F)F)c(F)c5)c(F)c4)cc3)c(F)c2)c(F)c1. The Bertz CT molecular complexity index is 1900. The first-order valence-corrected chi connectivity index (χ1v) is 14.9. The minimum atomic E-state index is -5.10. The summed E-state index contributed by atoms with van der Waals surface area (Å²) in [5.41, 5.74) is 0.427. The number of alkyl halides is 5. The molecule has 5 rings (SSSR count). The molecule has 0 saturated heterocycles. The summed E-state index contributed by atoms with van der Waals surface area (Å²) in [5.74, 6) is -5.44. The highest BCUT2D eigenvalue weighted by atomic mass is 19.4. The van der Waals surface area contributed by atoms with Crippen LogP contribution in [0.15, 0.2) is 97.1 Å². The van der Waals surface area contributed by atoms with E-state index in [1.165, 1.54) is 54.6 Å². The summed E-state index contributed by atoms with van der Waals surface area (Å²) in [7, 11) is 0. The molecule has 0 aliphatic carbocycles. The quantitative estimate of drug-likeness (QED) is 0.103. The van der Waals surface area contributed by atoms with E-state index in [9.17, 15) is 30.7 Å². The molecular formula is C37H27F9O2. The van der Waals surface area contributed by atoms with Gasteiger partial charge in [-0.1, -0.05) is 68.3 Å². The van der Waals surface area contributed by atoms with E-state index in [1.54, 1.807) is 6.07 Å². The molecule has 0 aliphatic heterocycles. The summed E-state index contributed by atoms with van der Waals surface area (Å²) in [6.45, 7) is 2.06. The summed E-state index contributed by atoms with van der Waals surface area (Å²) in [5, 5.41) is 0. The van der Waals surface area contributed by atoms with Crippen molar-refractivity contribution in [3.8, 4) is 44.9 Å². The molecule has 0 spiro atoms. The van der Waals surface area contributed by atoms with Crippen LogP contribution in [0.3, 0.4) is 0 Å². The number of unbranched alkanes of at least 4 members (excludes halogenated alkanes) is 2. The van der Waals surface area contributed by atoms with Gasteiger partial charge in [-0.05, 0) is 89.2 Å². The normalized spacial score (nSPS) is 11.9. The molecule has 0 N–H and O–H groups in total. The van der Waals surface area contributed by atoms with Crippen molar-refractivity contribution in [1.29, 1.82) is 0 Å². The molecule has 11 heteroatoms. The fourth-order valence-corrected chi connectivity index (χ4v) is 5.17. The molecule has 0 fully saturated rings. The lowest BCUT2D eigenvalue weighted by atomic mass is 9.99. The van der Waals surface area contributed by atoms with Crippen molar-refractivity contribution < 1.29 is 49.0 Å². The third-order valence-electron chi connectivity index (χ3n) is 7.57. The minimum absolute atomic E-state index is 0.0434. The van der Waals surface area contributed by atoms with E-state index in [-0.39, 0.29) is 28.0 Å². The summed E-state index contributed by atoms with van der Waals surface area (Å²) in [4.78, 5) is 0. The summed E-state index contributed by atoms with van der Waals surface area (Å²) >= 11 is 0. The Labute approximate surface area is 270 Å². The van der Waals surface area contributed by atoms with Gasteiger partial charge in [0.2, 0.25) is 0 Å². The number of benzene rings is 5. The van der Waals surface area contributed by atoms with Gasteiger partial charge in [-0.25, -0.2) is 17.6 Å². The van der Waals surface area contributed by atoms with Crippen molar-refractivity contribution in [1.82, 2.24) is 0 Å². The fourth-order valence-electron chi connectivity index (χ4n) is 5.17. The highest BCUT2D eigenvalue weighted by Gasteiger charge is 2.38. The highest BCUT2D eigenvalue weighted by molar-refractivity contribution is 5.72. The lowest BCUT2D eigenvalue weighted by Crippen LogP contribution is -2.23. The molecule has 0 amide bonds. The molecule has 5 aromatic carbocycles. The van der Waals surface area contributed by atoms with Crippen LogP contribution in [0.4, 0.5) is 39.5 Å². The fraction of sp³-hybridized carbons (Fsp3) is 0.189. The number of ether oxygens (including phenoxy) is 2. The topological polar surface area (TPSA) is 18.5 Å². The van der Waals surface area contributed by atoms with Crippen LogP contribution < -0.4 is 9.47 Å². The van der Waals surface area contributed by atoms with Gasteiger partial charge in [0.05, 0.1) is 5.56 Å². The molecule has 250 valence electrons. The Hall–Kier alpha value is -4.93. The Balaban J connectivity index is 1.28. The summed E-state index contributed by atoms with van der Waals surface area (Å²) in [6.07, 6.45) is -5.58. The van der Waals surface area contributed by atoms with Crippen molar-refractivity contribution in [2.75, 3.05) is 0 Å². The Morgan fingerprint density at radius 3 is 1.67 bits per heavy atom. The molecule has 0 heterocycles. The lowest BCUT2D eigenvalue weighted by Gasteiger charge is -2.19. The maximum absolute atomic E-state index is 15.1. The van der Waals surface area contributed by atoms with Crippen LogP contribution in [0.5, 0.6) is 11.5 Å². The smallest absolute Gasteiger partial charge is 0.429 e. The predicted molar refractivity (Wildman–Crippen MR) is 163 cm³/mol. The van der Waals surface area contributed by atoms with Gasteiger partial charge in [-0.2, -0.15) is 8.78 Å². The van der Waals surface area contributed by atoms with E-state index in [2.05, 4.69) is 11.7 Å². The first-order chi connectivity index (χ1) is 22.7. The zero-order valence-electron chi connectivity index (χ0n) is 25.3. The van der Waals surface area contributed by atoms with Crippen LogP contribution in [-0.4, -0.2) is 6.36 Å². The summed E-state index contributed by atoms with van der Waals surface area (Å²) < 4.78 is 135. The number of hydrogen-bond acceptors (Lipinski definition) is 2. The van der Waals surface area contributed by atoms with Gasteiger partial charge < -0.3 is 9.47 Å². The zero-order valence-corrected chi connectivity index (χ0v) is 25.3. The third kappa shape index (κ3) is 8.13. The lowest BCUT2D eigenvalue weighted by molar-refractivity contribution is -0.275. The first-order valence-electron chi connectivity index (χ1n) is 14.9. The average Bonchev–Trinajstić information content (AvgIpc) is 3.02. The Morgan fingerprint density at radius 1 is 0.521 bits per heavy atom. The number of aryl methyl sites for hydroxylation is 1. The second kappa shape index (κ2) is 14.0. The van der Waals surface area contributed by atoms with Crippen LogP contribution in [0.25, 0.3) is 33.4 Å². The van der Waals surface area contributed by atoms with Crippen LogP contribution in [0.1, 0.15) is 37.3 Å². The number of halogens is 9.